The summed E-state index contributed by atoms with van der Waals surface area (Å²) < 4.78 is 0. The highest BCUT2D eigenvalue weighted by Gasteiger charge is 2.28. The Hall–Kier alpha value is -2.69. The lowest BCUT2D eigenvalue weighted by Gasteiger charge is -2.23. The summed E-state index contributed by atoms with van der Waals surface area (Å²) in [6, 6.07) is -3.57. The summed E-state index contributed by atoms with van der Waals surface area (Å²) in [4.78, 5) is 57.3. The largest absolute Gasteiger partial charge is 0.481 e. The molecule has 0 bridgehead atoms. The number of rotatable bonds is 13. The monoisotopic (exact) mass is 388 g/mol. The first-order valence-corrected chi connectivity index (χ1v) is 8.53. The second kappa shape index (κ2) is 11.8. The van der Waals surface area contributed by atoms with Gasteiger partial charge in [0.25, 0.3) is 0 Å². The molecule has 0 saturated carbocycles. The van der Waals surface area contributed by atoms with Gasteiger partial charge < -0.3 is 32.3 Å². The molecule has 0 aromatic carbocycles. The zero-order chi connectivity index (χ0) is 21.1. The third kappa shape index (κ3) is 10.8. The van der Waals surface area contributed by atoms with Crippen LogP contribution in [0.3, 0.4) is 0 Å². The molecule has 0 aliphatic heterocycles. The fourth-order valence-corrected chi connectivity index (χ4v) is 2.25. The number of hydrogen-bond donors (Lipinski definition) is 6. The summed E-state index contributed by atoms with van der Waals surface area (Å²) >= 11 is 0. The van der Waals surface area contributed by atoms with E-state index in [1.165, 1.54) is 0 Å². The number of aliphatic carboxylic acids is 2. The number of carbonyl (C=O) groups is 5. The molecular weight excluding hydrogens is 360 g/mol. The maximum absolute atomic E-state index is 12.4. The number of carboxylic acids is 2. The van der Waals surface area contributed by atoms with Crippen LogP contribution in [0, 0.1) is 5.92 Å². The van der Waals surface area contributed by atoms with Crippen molar-refractivity contribution in [3.63, 3.8) is 0 Å². The predicted octanol–water partition coefficient (Wildman–Crippen LogP) is -1.46. The van der Waals surface area contributed by atoms with Crippen molar-refractivity contribution in [2.24, 2.45) is 17.4 Å². The topological polar surface area (TPSA) is 202 Å². The van der Waals surface area contributed by atoms with Crippen molar-refractivity contribution in [1.29, 1.82) is 0 Å². The van der Waals surface area contributed by atoms with Crippen molar-refractivity contribution >= 4 is 29.7 Å². The van der Waals surface area contributed by atoms with Crippen LogP contribution in [0.25, 0.3) is 0 Å². The molecule has 0 radical (unpaired) electrons. The lowest BCUT2D eigenvalue weighted by molar-refractivity contribution is -0.143. The number of nitrogens with one attached hydrogen (secondary N) is 2. The molecule has 11 heteroatoms. The van der Waals surface area contributed by atoms with Crippen LogP contribution in [0.4, 0.5) is 0 Å². The highest BCUT2D eigenvalue weighted by atomic mass is 16.4. The van der Waals surface area contributed by atoms with Crippen molar-refractivity contribution in [3.8, 4) is 0 Å². The molecule has 3 unspecified atom stereocenters. The van der Waals surface area contributed by atoms with E-state index in [-0.39, 0.29) is 25.2 Å². The summed E-state index contributed by atoms with van der Waals surface area (Å²) in [6.45, 7) is 3.72. The van der Waals surface area contributed by atoms with E-state index in [0.29, 0.717) is 6.42 Å². The van der Waals surface area contributed by atoms with E-state index in [9.17, 15) is 24.0 Å². The van der Waals surface area contributed by atoms with Crippen LogP contribution in [0.5, 0.6) is 0 Å². The van der Waals surface area contributed by atoms with Crippen LogP contribution in [0.1, 0.15) is 46.0 Å². The number of amides is 3. The smallest absolute Gasteiger partial charge is 0.326 e. The molecule has 0 spiro atoms. The SMILES string of the molecule is CC(C)CC(N)C(=O)NC(CCC(=O)O)C(=O)NC(CCC(N)=O)C(=O)O. The average Bonchev–Trinajstić information content (AvgIpc) is 2.53. The van der Waals surface area contributed by atoms with Crippen molar-refractivity contribution in [2.45, 2.75) is 64.1 Å². The first kappa shape index (κ1) is 24.3. The highest BCUT2D eigenvalue weighted by Crippen LogP contribution is 2.06. The minimum atomic E-state index is -1.40. The highest BCUT2D eigenvalue weighted by molar-refractivity contribution is 5.92. The molecule has 0 rings (SSSR count). The molecule has 0 aliphatic rings. The summed E-state index contributed by atoms with van der Waals surface area (Å²) in [5.74, 6) is -4.69. The van der Waals surface area contributed by atoms with Crippen molar-refractivity contribution in [3.05, 3.63) is 0 Å². The molecule has 11 nitrogen and oxygen atoms in total. The van der Waals surface area contributed by atoms with Gasteiger partial charge >= 0.3 is 11.9 Å². The number of primary amides is 1. The lowest BCUT2D eigenvalue weighted by Crippen LogP contribution is -2.54. The molecule has 3 atom stereocenters. The van der Waals surface area contributed by atoms with Gasteiger partial charge in [0.05, 0.1) is 6.04 Å². The fraction of sp³-hybridized carbons (Fsp3) is 0.688. The Morgan fingerprint density at radius 2 is 1.41 bits per heavy atom. The molecule has 154 valence electrons. The third-order valence-corrected chi connectivity index (χ3v) is 3.64. The van der Waals surface area contributed by atoms with E-state index < -0.39 is 54.2 Å². The van der Waals surface area contributed by atoms with Crippen LogP contribution < -0.4 is 22.1 Å². The standard InChI is InChI=1S/C16H28N4O7/c1-8(2)7-9(17)14(24)19-10(4-6-13(22)23)15(25)20-11(16(26)27)3-5-12(18)21/h8-11H,3-7,17H2,1-2H3,(H2,18,21)(H,19,24)(H,20,25)(H,22,23)(H,26,27). The van der Waals surface area contributed by atoms with E-state index in [1.54, 1.807) is 0 Å². The van der Waals surface area contributed by atoms with Gasteiger partial charge in [0.1, 0.15) is 12.1 Å². The van der Waals surface area contributed by atoms with Gasteiger partial charge in [-0.3, -0.25) is 19.2 Å². The van der Waals surface area contributed by atoms with E-state index in [0.717, 1.165) is 0 Å². The molecule has 0 fully saturated rings. The lowest BCUT2D eigenvalue weighted by atomic mass is 10.0. The Morgan fingerprint density at radius 1 is 0.889 bits per heavy atom. The van der Waals surface area contributed by atoms with E-state index in [1.807, 2.05) is 13.8 Å². The summed E-state index contributed by atoms with van der Waals surface area (Å²) in [5.41, 5.74) is 10.7. The van der Waals surface area contributed by atoms with Crippen molar-refractivity contribution in [1.82, 2.24) is 10.6 Å². The zero-order valence-electron chi connectivity index (χ0n) is 15.4. The van der Waals surface area contributed by atoms with Crippen LogP contribution in [0.2, 0.25) is 0 Å². The van der Waals surface area contributed by atoms with Gasteiger partial charge in [-0.1, -0.05) is 13.8 Å². The van der Waals surface area contributed by atoms with Gasteiger partial charge in [-0.2, -0.15) is 0 Å². The quantitative estimate of drug-likeness (QED) is 0.220. The first-order chi connectivity index (χ1) is 12.4. The molecule has 8 N–H and O–H groups in total. The minimum Gasteiger partial charge on any atom is -0.481 e. The zero-order valence-corrected chi connectivity index (χ0v) is 15.4. The van der Waals surface area contributed by atoms with Gasteiger partial charge in [-0.05, 0) is 25.2 Å². The summed E-state index contributed by atoms with van der Waals surface area (Å²) in [7, 11) is 0. The Kier molecular flexibility index (Phi) is 10.7. The molecule has 27 heavy (non-hydrogen) atoms. The average molecular weight is 388 g/mol. The fourth-order valence-electron chi connectivity index (χ4n) is 2.25. The first-order valence-electron chi connectivity index (χ1n) is 8.53. The molecule has 3 amide bonds. The molecule has 0 aliphatic carbocycles. The number of carbonyl (C=O) groups excluding carboxylic acids is 3. The second-order valence-electron chi connectivity index (χ2n) is 6.63. The van der Waals surface area contributed by atoms with Gasteiger partial charge in [0, 0.05) is 12.8 Å². The maximum Gasteiger partial charge on any atom is 0.326 e. The van der Waals surface area contributed by atoms with Crippen LogP contribution >= 0.6 is 0 Å². The van der Waals surface area contributed by atoms with Gasteiger partial charge in [0.15, 0.2) is 0 Å². The molecule has 0 aromatic rings. The molecule has 0 heterocycles. The van der Waals surface area contributed by atoms with Crippen molar-refractivity contribution < 1.29 is 34.2 Å². The molecular formula is C16H28N4O7. The molecule has 0 aromatic heterocycles. The maximum atomic E-state index is 12.4. The normalized spacial score (nSPS) is 14.1. The second-order valence-corrected chi connectivity index (χ2v) is 6.63. The van der Waals surface area contributed by atoms with Crippen LogP contribution in [0.15, 0.2) is 0 Å². The summed E-state index contributed by atoms with van der Waals surface area (Å²) in [6.07, 6.45) is -0.804. The van der Waals surface area contributed by atoms with Crippen LogP contribution in [-0.2, 0) is 24.0 Å². The van der Waals surface area contributed by atoms with E-state index >= 15 is 0 Å². The predicted molar refractivity (Wildman–Crippen MR) is 94.2 cm³/mol. The summed E-state index contributed by atoms with van der Waals surface area (Å²) in [5, 5.41) is 22.5. The van der Waals surface area contributed by atoms with E-state index in [4.69, 9.17) is 21.7 Å². The Bertz CT molecular complexity index is 565. The molecule has 0 saturated heterocycles. The van der Waals surface area contributed by atoms with Gasteiger partial charge in [-0.25, -0.2) is 4.79 Å². The van der Waals surface area contributed by atoms with Gasteiger partial charge in [-0.15, -0.1) is 0 Å². The Morgan fingerprint density at radius 3 is 1.85 bits per heavy atom. The van der Waals surface area contributed by atoms with Crippen LogP contribution in [-0.4, -0.2) is 58.0 Å². The number of nitrogens with two attached hydrogens (primary N) is 2. The van der Waals surface area contributed by atoms with Gasteiger partial charge in [0.2, 0.25) is 17.7 Å². The Balaban J connectivity index is 5.09. The van der Waals surface area contributed by atoms with Crippen molar-refractivity contribution in [2.75, 3.05) is 0 Å². The minimum absolute atomic E-state index is 0.127. The Labute approximate surface area is 156 Å². The van der Waals surface area contributed by atoms with E-state index in [2.05, 4.69) is 10.6 Å². The number of carboxylic acid groups (broad SMARTS) is 2. The third-order valence-electron chi connectivity index (χ3n) is 3.64. The number of hydrogen-bond acceptors (Lipinski definition) is 6.